The molecule has 0 saturated carbocycles. The number of pyridine rings is 1. The van der Waals surface area contributed by atoms with E-state index in [1.165, 1.54) is 0 Å². The van der Waals surface area contributed by atoms with Gasteiger partial charge in [0.15, 0.2) is 0 Å². The fraction of sp³-hybridized carbons (Fsp3) is 0.381. The number of likely N-dealkylation sites (tertiary alicyclic amines) is 1. The summed E-state index contributed by atoms with van der Waals surface area (Å²) in [5.74, 6) is -0.0830. The Kier molecular flexibility index (Phi) is 5.00. The van der Waals surface area contributed by atoms with Crippen LogP contribution in [0.2, 0.25) is 0 Å². The lowest BCUT2D eigenvalue weighted by Gasteiger charge is -2.36. The van der Waals surface area contributed by atoms with Gasteiger partial charge < -0.3 is 9.88 Å². The standard InChI is InChI=1S/C21H25N5O2/c1-22-21(28)18-10-9-16(24(18)2)17-7-3-5-11-25(17)14-15-13-20(27)26-12-6-4-8-19(26)23-15/h4,6,8-10,12-13,17H,3,5,7,11,14H2,1-2H3,(H,22,28)/t17-/m1/s1. The van der Waals surface area contributed by atoms with Gasteiger partial charge in [0.2, 0.25) is 0 Å². The molecule has 1 fully saturated rings. The van der Waals surface area contributed by atoms with E-state index < -0.39 is 0 Å². The lowest BCUT2D eigenvalue weighted by atomic mass is 9.99. The highest BCUT2D eigenvalue weighted by Crippen LogP contribution is 2.32. The van der Waals surface area contributed by atoms with Crippen LogP contribution in [0.1, 0.15) is 47.2 Å². The van der Waals surface area contributed by atoms with E-state index in [0.29, 0.717) is 17.9 Å². The molecule has 0 spiro atoms. The van der Waals surface area contributed by atoms with Crippen molar-refractivity contribution >= 4 is 11.6 Å². The van der Waals surface area contributed by atoms with Gasteiger partial charge in [-0.2, -0.15) is 0 Å². The summed E-state index contributed by atoms with van der Waals surface area (Å²) in [7, 11) is 3.58. The van der Waals surface area contributed by atoms with Gasteiger partial charge in [0.25, 0.3) is 11.5 Å². The molecule has 0 bridgehead atoms. The fourth-order valence-electron chi connectivity index (χ4n) is 4.12. The van der Waals surface area contributed by atoms with E-state index in [1.807, 2.05) is 41.9 Å². The second kappa shape index (κ2) is 7.59. The van der Waals surface area contributed by atoms with Crippen molar-refractivity contribution in [1.29, 1.82) is 0 Å². The van der Waals surface area contributed by atoms with Crippen LogP contribution in [-0.2, 0) is 13.6 Å². The Bertz CT molecular complexity index is 1070. The van der Waals surface area contributed by atoms with Crippen LogP contribution < -0.4 is 10.9 Å². The van der Waals surface area contributed by atoms with Crippen molar-refractivity contribution in [2.75, 3.05) is 13.6 Å². The number of rotatable bonds is 4. The van der Waals surface area contributed by atoms with Crippen LogP contribution in [0.15, 0.2) is 47.4 Å². The molecule has 1 aliphatic heterocycles. The highest BCUT2D eigenvalue weighted by molar-refractivity contribution is 5.92. The molecule has 4 rings (SSSR count). The minimum Gasteiger partial charge on any atom is -0.354 e. The number of fused-ring (bicyclic) bond motifs is 1. The minimum atomic E-state index is -0.0830. The zero-order chi connectivity index (χ0) is 19.7. The van der Waals surface area contributed by atoms with Crippen molar-refractivity contribution in [2.45, 2.75) is 31.8 Å². The van der Waals surface area contributed by atoms with Gasteiger partial charge in [0, 0.05) is 38.6 Å². The first-order chi connectivity index (χ1) is 13.6. The topological polar surface area (TPSA) is 71.6 Å². The van der Waals surface area contributed by atoms with Crippen LogP contribution in [0.25, 0.3) is 5.65 Å². The lowest BCUT2D eigenvalue weighted by Crippen LogP contribution is -2.35. The predicted octanol–water partition coefficient (Wildman–Crippen LogP) is 2.12. The van der Waals surface area contributed by atoms with Crippen molar-refractivity contribution in [3.05, 3.63) is 70.0 Å². The summed E-state index contributed by atoms with van der Waals surface area (Å²) >= 11 is 0. The summed E-state index contributed by atoms with van der Waals surface area (Å²) in [6, 6.07) is 11.3. The van der Waals surface area contributed by atoms with Crippen molar-refractivity contribution in [3.63, 3.8) is 0 Å². The highest BCUT2D eigenvalue weighted by atomic mass is 16.2. The fourth-order valence-corrected chi connectivity index (χ4v) is 4.12. The number of piperidine rings is 1. The number of aromatic nitrogens is 3. The summed E-state index contributed by atoms with van der Waals surface area (Å²) in [5.41, 5.74) is 3.17. The smallest absolute Gasteiger partial charge is 0.267 e. The molecule has 1 atom stereocenters. The van der Waals surface area contributed by atoms with E-state index in [4.69, 9.17) is 0 Å². The minimum absolute atomic E-state index is 0.0603. The molecular formula is C21H25N5O2. The third kappa shape index (κ3) is 3.33. The van der Waals surface area contributed by atoms with E-state index in [9.17, 15) is 9.59 Å². The van der Waals surface area contributed by atoms with Gasteiger partial charge in [0.1, 0.15) is 11.3 Å². The first-order valence-electron chi connectivity index (χ1n) is 9.67. The van der Waals surface area contributed by atoms with Gasteiger partial charge in [-0.15, -0.1) is 0 Å². The van der Waals surface area contributed by atoms with Gasteiger partial charge >= 0.3 is 0 Å². The molecule has 7 nitrogen and oxygen atoms in total. The van der Waals surface area contributed by atoms with Gasteiger partial charge in [-0.25, -0.2) is 4.98 Å². The van der Waals surface area contributed by atoms with Gasteiger partial charge in [-0.3, -0.25) is 18.9 Å². The number of nitrogens with one attached hydrogen (secondary N) is 1. The Morgan fingerprint density at radius 3 is 2.93 bits per heavy atom. The molecular weight excluding hydrogens is 354 g/mol. The molecule has 1 aliphatic rings. The predicted molar refractivity (Wildman–Crippen MR) is 107 cm³/mol. The lowest BCUT2D eigenvalue weighted by molar-refractivity contribution is 0.0952. The van der Waals surface area contributed by atoms with E-state index in [-0.39, 0.29) is 17.5 Å². The molecule has 0 aliphatic carbocycles. The zero-order valence-corrected chi connectivity index (χ0v) is 16.3. The Morgan fingerprint density at radius 1 is 1.25 bits per heavy atom. The van der Waals surface area contributed by atoms with E-state index in [1.54, 1.807) is 23.7 Å². The molecule has 0 radical (unpaired) electrons. The van der Waals surface area contributed by atoms with Crippen LogP contribution in [-0.4, -0.2) is 38.4 Å². The summed E-state index contributed by atoms with van der Waals surface area (Å²) in [4.78, 5) is 31.5. The Labute approximate surface area is 163 Å². The third-order valence-corrected chi connectivity index (χ3v) is 5.56. The summed E-state index contributed by atoms with van der Waals surface area (Å²) in [6.45, 7) is 1.56. The summed E-state index contributed by atoms with van der Waals surface area (Å²) in [6.07, 6.45) is 5.03. The second-order valence-corrected chi connectivity index (χ2v) is 7.28. The maximum atomic E-state index is 12.4. The monoisotopic (exact) mass is 379 g/mol. The van der Waals surface area contributed by atoms with Gasteiger partial charge in [0.05, 0.1) is 11.7 Å². The van der Waals surface area contributed by atoms with Crippen LogP contribution in [0.3, 0.4) is 0 Å². The Hall–Kier alpha value is -2.93. The zero-order valence-electron chi connectivity index (χ0n) is 16.3. The molecule has 28 heavy (non-hydrogen) atoms. The number of amides is 1. The Morgan fingerprint density at radius 2 is 2.11 bits per heavy atom. The molecule has 146 valence electrons. The maximum absolute atomic E-state index is 12.4. The molecule has 1 amide bonds. The van der Waals surface area contributed by atoms with Crippen molar-refractivity contribution < 1.29 is 4.79 Å². The van der Waals surface area contributed by atoms with Gasteiger partial charge in [-0.05, 0) is 43.7 Å². The first kappa shape index (κ1) is 18.4. The van der Waals surface area contributed by atoms with E-state index in [0.717, 1.165) is 37.2 Å². The molecule has 1 saturated heterocycles. The van der Waals surface area contributed by atoms with Crippen molar-refractivity contribution in [3.8, 4) is 0 Å². The molecule has 0 aromatic carbocycles. The van der Waals surface area contributed by atoms with E-state index >= 15 is 0 Å². The van der Waals surface area contributed by atoms with Crippen molar-refractivity contribution in [2.24, 2.45) is 7.05 Å². The first-order valence-corrected chi connectivity index (χ1v) is 9.67. The normalized spacial score (nSPS) is 17.7. The molecule has 7 heteroatoms. The van der Waals surface area contributed by atoms with Crippen molar-refractivity contribution in [1.82, 2.24) is 24.2 Å². The average Bonchev–Trinajstić information content (AvgIpc) is 3.09. The number of hydrogen-bond donors (Lipinski definition) is 1. The molecule has 3 aromatic heterocycles. The number of carbonyl (C=O) groups is 1. The number of hydrogen-bond acceptors (Lipinski definition) is 4. The highest BCUT2D eigenvalue weighted by Gasteiger charge is 2.27. The van der Waals surface area contributed by atoms with Gasteiger partial charge in [-0.1, -0.05) is 12.5 Å². The second-order valence-electron chi connectivity index (χ2n) is 7.28. The molecule has 4 heterocycles. The summed E-state index contributed by atoms with van der Waals surface area (Å²) in [5, 5.41) is 2.69. The van der Waals surface area contributed by atoms with Crippen LogP contribution in [0.4, 0.5) is 0 Å². The quantitative estimate of drug-likeness (QED) is 0.754. The van der Waals surface area contributed by atoms with E-state index in [2.05, 4.69) is 15.2 Å². The number of nitrogens with zero attached hydrogens (tertiary/aromatic N) is 4. The SMILES string of the molecule is CNC(=O)c1ccc([C@H]2CCCCN2Cc2cc(=O)n3ccccc3n2)n1C. The maximum Gasteiger partial charge on any atom is 0.267 e. The molecule has 1 N–H and O–H groups in total. The Balaban J connectivity index is 1.64. The summed E-state index contributed by atoms with van der Waals surface area (Å²) < 4.78 is 3.54. The molecule has 0 unspecified atom stereocenters. The van der Waals surface area contributed by atoms with Crippen LogP contribution in [0, 0.1) is 0 Å². The number of carbonyl (C=O) groups excluding carboxylic acids is 1. The van der Waals surface area contributed by atoms with Crippen LogP contribution >= 0.6 is 0 Å². The molecule has 3 aromatic rings. The largest absolute Gasteiger partial charge is 0.354 e. The van der Waals surface area contributed by atoms with Crippen LogP contribution in [0.5, 0.6) is 0 Å². The third-order valence-electron chi connectivity index (χ3n) is 5.56. The average molecular weight is 379 g/mol.